The number of carbonyl (C=O) groups excluding carboxylic acids is 2. The Balaban J connectivity index is 1.83. The molecule has 5 nitrogen and oxygen atoms in total. The fourth-order valence-electron chi connectivity index (χ4n) is 6.22. The summed E-state index contributed by atoms with van der Waals surface area (Å²) in [4.78, 5) is 28.1. The summed E-state index contributed by atoms with van der Waals surface area (Å²) in [5.74, 6) is 0.702. The highest BCUT2D eigenvalue weighted by Gasteiger charge is 2.68. The molecule has 0 amide bonds. The molecule has 5 atom stereocenters. The Morgan fingerprint density at radius 3 is 2.67 bits per heavy atom. The van der Waals surface area contributed by atoms with Gasteiger partial charge in [0.15, 0.2) is 0 Å². The summed E-state index contributed by atoms with van der Waals surface area (Å²) in [6.45, 7) is 5.96. The second-order valence-corrected chi connectivity index (χ2v) is 8.66. The molecule has 0 N–H and O–H groups in total. The number of fused-ring (bicyclic) bond motifs is 2. The number of esters is 1. The summed E-state index contributed by atoms with van der Waals surface area (Å²) >= 11 is 0. The lowest BCUT2D eigenvalue weighted by Crippen LogP contribution is -2.74. The predicted molar refractivity (Wildman–Crippen MR) is 102 cm³/mol. The zero-order valence-electron chi connectivity index (χ0n) is 16.9. The van der Waals surface area contributed by atoms with E-state index in [1.807, 2.05) is 6.07 Å². The molecule has 5 rings (SSSR count). The lowest BCUT2D eigenvalue weighted by atomic mass is 9.45. The molecule has 4 aliphatic rings. The number of ketones is 1. The first-order valence-corrected chi connectivity index (χ1v) is 9.87. The van der Waals surface area contributed by atoms with E-state index in [0.717, 1.165) is 18.6 Å². The van der Waals surface area contributed by atoms with Crippen molar-refractivity contribution >= 4 is 11.8 Å². The zero-order valence-corrected chi connectivity index (χ0v) is 16.9. The van der Waals surface area contributed by atoms with Crippen LogP contribution in [0.4, 0.5) is 0 Å². The third kappa shape index (κ3) is 2.27. The van der Waals surface area contributed by atoms with Crippen molar-refractivity contribution < 1.29 is 19.1 Å². The Morgan fingerprint density at radius 1 is 1.30 bits per heavy atom. The first-order chi connectivity index (χ1) is 12.8. The first-order valence-electron chi connectivity index (χ1n) is 9.87. The molecule has 1 aromatic carbocycles. The molecule has 4 bridgehead atoms. The van der Waals surface area contributed by atoms with Crippen LogP contribution in [-0.4, -0.2) is 49.5 Å². The number of hydrogen-bond acceptors (Lipinski definition) is 5. The van der Waals surface area contributed by atoms with Crippen molar-refractivity contribution in [1.82, 2.24) is 4.90 Å². The predicted octanol–water partition coefficient (Wildman–Crippen LogP) is 2.74. The molecule has 0 aromatic heterocycles. The van der Waals surface area contributed by atoms with E-state index in [-0.39, 0.29) is 29.1 Å². The van der Waals surface area contributed by atoms with Gasteiger partial charge in [-0.3, -0.25) is 14.5 Å². The van der Waals surface area contributed by atoms with Crippen molar-refractivity contribution in [3.8, 4) is 5.75 Å². The summed E-state index contributed by atoms with van der Waals surface area (Å²) in [5.41, 5.74) is 1.58. The van der Waals surface area contributed by atoms with E-state index in [1.54, 1.807) is 21.0 Å². The van der Waals surface area contributed by atoms with Crippen LogP contribution in [0, 0.1) is 11.3 Å². The van der Waals surface area contributed by atoms with Crippen LogP contribution in [0.5, 0.6) is 5.75 Å². The maximum absolute atomic E-state index is 13.0. The molecule has 0 spiro atoms. The highest BCUT2D eigenvalue weighted by Crippen LogP contribution is 2.62. The minimum Gasteiger partial charge on any atom is -0.497 e. The van der Waals surface area contributed by atoms with E-state index in [9.17, 15) is 9.59 Å². The van der Waals surface area contributed by atoms with Gasteiger partial charge in [0, 0.05) is 12.1 Å². The van der Waals surface area contributed by atoms with Gasteiger partial charge >= 0.3 is 5.97 Å². The molecular weight excluding hydrogens is 342 g/mol. The summed E-state index contributed by atoms with van der Waals surface area (Å²) in [6.07, 6.45) is 2.31. The molecular formula is C22H29NO4. The minimum atomic E-state index is -1.04. The SMILES string of the molecule is CCOC(=O)C1(C(C)=O)CC2C3Cc4ccc(OC)cc4[C@@]2(C)CC1N3C. The summed E-state index contributed by atoms with van der Waals surface area (Å²) in [5, 5.41) is 0. The summed E-state index contributed by atoms with van der Waals surface area (Å²) < 4.78 is 10.9. The molecule has 2 aliphatic carbocycles. The minimum absolute atomic E-state index is 0.0601. The second-order valence-electron chi connectivity index (χ2n) is 8.66. The average Bonchev–Trinajstić information content (AvgIpc) is 2.64. The second kappa shape index (κ2) is 6.06. The molecule has 5 heteroatoms. The monoisotopic (exact) mass is 371 g/mol. The van der Waals surface area contributed by atoms with Gasteiger partial charge in [-0.2, -0.15) is 0 Å². The molecule has 2 saturated heterocycles. The van der Waals surface area contributed by atoms with Crippen LogP contribution in [-0.2, 0) is 26.2 Å². The topological polar surface area (TPSA) is 55.8 Å². The third-order valence-corrected chi connectivity index (χ3v) is 7.65. The zero-order chi connectivity index (χ0) is 19.6. The van der Waals surface area contributed by atoms with Gasteiger partial charge in [0.05, 0.1) is 13.7 Å². The quantitative estimate of drug-likeness (QED) is 0.602. The number of methoxy groups -OCH3 is 1. The van der Waals surface area contributed by atoms with Crippen LogP contribution in [0.1, 0.15) is 44.7 Å². The number of benzene rings is 1. The van der Waals surface area contributed by atoms with Crippen LogP contribution < -0.4 is 4.74 Å². The molecule has 3 fully saturated rings. The smallest absolute Gasteiger partial charge is 0.321 e. The van der Waals surface area contributed by atoms with Gasteiger partial charge in [-0.05, 0) is 74.8 Å². The molecule has 146 valence electrons. The Labute approximate surface area is 161 Å². The molecule has 27 heavy (non-hydrogen) atoms. The third-order valence-electron chi connectivity index (χ3n) is 7.65. The number of Topliss-reactive ketones (excluding diaryl/α,β-unsaturated/α-hetero) is 1. The number of rotatable bonds is 4. The van der Waals surface area contributed by atoms with E-state index < -0.39 is 5.41 Å². The van der Waals surface area contributed by atoms with E-state index in [1.165, 1.54) is 11.1 Å². The molecule has 1 saturated carbocycles. The highest BCUT2D eigenvalue weighted by atomic mass is 16.5. The Kier molecular flexibility index (Phi) is 4.15. The summed E-state index contributed by atoms with van der Waals surface area (Å²) in [7, 11) is 3.77. The van der Waals surface area contributed by atoms with Gasteiger partial charge < -0.3 is 9.47 Å². The van der Waals surface area contributed by atoms with Crippen LogP contribution in [0.25, 0.3) is 0 Å². The lowest BCUT2D eigenvalue weighted by Gasteiger charge is -2.66. The number of ether oxygens (including phenoxy) is 2. The molecule has 2 aliphatic heterocycles. The normalized spacial score (nSPS) is 36.9. The first kappa shape index (κ1) is 18.5. The number of nitrogens with zero attached hydrogens (tertiary/aromatic N) is 1. The number of carbonyl (C=O) groups is 2. The fourth-order valence-corrected chi connectivity index (χ4v) is 6.22. The van der Waals surface area contributed by atoms with Crippen LogP contribution in [0.3, 0.4) is 0 Å². The molecule has 1 aromatic rings. The van der Waals surface area contributed by atoms with Crippen LogP contribution >= 0.6 is 0 Å². The largest absolute Gasteiger partial charge is 0.497 e. The molecule has 0 radical (unpaired) electrons. The van der Waals surface area contributed by atoms with Crippen molar-refractivity contribution in [2.75, 3.05) is 20.8 Å². The Bertz CT molecular complexity index is 806. The van der Waals surface area contributed by atoms with Crippen molar-refractivity contribution in [3.05, 3.63) is 29.3 Å². The maximum atomic E-state index is 13.0. The van der Waals surface area contributed by atoms with Gasteiger partial charge in [-0.25, -0.2) is 0 Å². The van der Waals surface area contributed by atoms with Gasteiger partial charge in [0.25, 0.3) is 0 Å². The Hall–Kier alpha value is -1.88. The van der Waals surface area contributed by atoms with Crippen molar-refractivity contribution in [3.63, 3.8) is 0 Å². The van der Waals surface area contributed by atoms with Crippen molar-refractivity contribution in [1.29, 1.82) is 0 Å². The van der Waals surface area contributed by atoms with E-state index in [2.05, 4.69) is 31.0 Å². The highest BCUT2D eigenvalue weighted by molar-refractivity contribution is 6.04. The Morgan fingerprint density at radius 2 is 2.04 bits per heavy atom. The van der Waals surface area contributed by atoms with Gasteiger partial charge in [-0.15, -0.1) is 0 Å². The van der Waals surface area contributed by atoms with Gasteiger partial charge in [-0.1, -0.05) is 13.0 Å². The number of hydrogen-bond donors (Lipinski definition) is 0. The van der Waals surface area contributed by atoms with E-state index in [4.69, 9.17) is 9.47 Å². The number of piperidine rings is 2. The van der Waals surface area contributed by atoms with E-state index in [0.29, 0.717) is 19.1 Å². The van der Waals surface area contributed by atoms with Crippen molar-refractivity contribution in [2.24, 2.45) is 11.3 Å². The lowest BCUT2D eigenvalue weighted by molar-refractivity contribution is -0.188. The van der Waals surface area contributed by atoms with Crippen LogP contribution in [0.15, 0.2) is 18.2 Å². The van der Waals surface area contributed by atoms with Gasteiger partial charge in [0.1, 0.15) is 16.9 Å². The average molecular weight is 371 g/mol. The standard InChI is InChI=1S/C22H29NO4/c1-6-27-20(25)22(13(2)24)11-17-18-9-14-7-8-15(26-5)10-16(14)21(17,3)12-19(22)23(18)4/h7-8,10,17-19H,6,9,11-12H2,1-5H3/t17?,18?,19?,21-,22?/m1/s1. The van der Waals surface area contributed by atoms with E-state index >= 15 is 0 Å². The number of likely N-dealkylation sites (N-methyl/N-ethyl adjacent to an activating group) is 1. The van der Waals surface area contributed by atoms with Gasteiger partial charge in [0.2, 0.25) is 0 Å². The molecule has 2 heterocycles. The fraction of sp³-hybridized carbons (Fsp3) is 0.636. The summed E-state index contributed by atoms with van der Waals surface area (Å²) in [6, 6.07) is 6.58. The maximum Gasteiger partial charge on any atom is 0.321 e. The van der Waals surface area contributed by atoms with Crippen molar-refractivity contribution in [2.45, 2.75) is 57.5 Å². The van der Waals surface area contributed by atoms with Crippen LogP contribution in [0.2, 0.25) is 0 Å². The molecule has 4 unspecified atom stereocenters.